The topological polar surface area (TPSA) is 52.7 Å². The predicted molar refractivity (Wildman–Crippen MR) is 108 cm³/mol. The number of aryl methyl sites for hydroxylation is 1. The molecule has 0 spiro atoms. The molecular weight excluding hydrogens is 381 g/mol. The molecule has 2 aromatic carbocycles. The molecule has 1 heterocycles. The molecule has 5 nitrogen and oxygen atoms in total. The zero-order chi connectivity index (χ0) is 20.1. The first-order valence-corrected chi connectivity index (χ1v) is 9.70. The molecule has 2 amide bonds. The molecule has 2 aromatic rings. The van der Waals surface area contributed by atoms with Crippen LogP contribution in [0.4, 0.5) is 10.1 Å². The fourth-order valence-electron chi connectivity index (χ4n) is 3.29. The van der Waals surface area contributed by atoms with Crippen molar-refractivity contribution in [3.8, 4) is 0 Å². The Bertz CT molecular complexity index is 866. The second kappa shape index (κ2) is 9.17. The number of piperazine rings is 1. The van der Waals surface area contributed by atoms with Gasteiger partial charge in [0.2, 0.25) is 5.91 Å². The number of benzene rings is 2. The first-order chi connectivity index (χ1) is 13.5. The first kappa shape index (κ1) is 20.3. The molecule has 0 unspecified atom stereocenters. The van der Waals surface area contributed by atoms with Gasteiger partial charge < -0.3 is 10.2 Å². The minimum atomic E-state index is -0.617. The second-order valence-corrected chi connectivity index (χ2v) is 7.19. The fourth-order valence-corrected chi connectivity index (χ4v) is 3.44. The molecule has 1 saturated heterocycles. The Morgan fingerprint density at radius 3 is 2.50 bits per heavy atom. The lowest BCUT2D eigenvalue weighted by Gasteiger charge is -2.34. The summed E-state index contributed by atoms with van der Waals surface area (Å²) < 4.78 is 14.0. The van der Waals surface area contributed by atoms with Crippen LogP contribution in [0, 0.1) is 5.82 Å². The van der Waals surface area contributed by atoms with Crippen molar-refractivity contribution in [2.45, 2.75) is 13.3 Å². The molecule has 1 aliphatic heterocycles. The van der Waals surface area contributed by atoms with Gasteiger partial charge in [-0.05, 0) is 36.2 Å². The molecule has 28 heavy (non-hydrogen) atoms. The summed E-state index contributed by atoms with van der Waals surface area (Å²) in [6, 6.07) is 11.8. The van der Waals surface area contributed by atoms with Crippen LogP contribution in [-0.4, -0.2) is 54.3 Å². The van der Waals surface area contributed by atoms with Crippen molar-refractivity contribution in [1.82, 2.24) is 9.80 Å². The zero-order valence-corrected chi connectivity index (χ0v) is 16.5. The summed E-state index contributed by atoms with van der Waals surface area (Å²) in [5.74, 6) is -1.05. The van der Waals surface area contributed by atoms with Crippen LogP contribution in [-0.2, 0) is 11.2 Å². The highest BCUT2D eigenvalue weighted by molar-refractivity contribution is 6.30. The lowest BCUT2D eigenvalue weighted by molar-refractivity contribution is -0.117. The van der Waals surface area contributed by atoms with Gasteiger partial charge in [-0.3, -0.25) is 14.5 Å². The number of anilines is 1. The number of amides is 2. The van der Waals surface area contributed by atoms with Crippen LogP contribution in [0.25, 0.3) is 0 Å². The summed E-state index contributed by atoms with van der Waals surface area (Å²) in [4.78, 5) is 28.5. The Balaban J connectivity index is 1.52. The summed E-state index contributed by atoms with van der Waals surface area (Å²) in [6.45, 7) is 4.31. The Morgan fingerprint density at radius 1 is 1.11 bits per heavy atom. The van der Waals surface area contributed by atoms with Crippen LogP contribution in [0.15, 0.2) is 42.5 Å². The largest absolute Gasteiger partial charge is 0.336 e. The summed E-state index contributed by atoms with van der Waals surface area (Å²) in [7, 11) is 0. The van der Waals surface area contributed by atoms with E-state index in [0.717, 1.165) is 23.7 Å². The van der Waals surface area contributed by atoms with Gasteiger partial charge in [0.25, 0.3) is 5.91 Å². The number of hydrogen-bond acceptors (Lipinski definition) is 3. The van der Waals surface area contributed by atoms with Crippen molar-refractivity contribution < 1.29 is 14.0 Å². The maximum atomic E-state index is 14.0. The van der Waals surface area contributed by atoms with E-state index in [9.17, 15) is 14.0 Å². The molecule has 0 aromatic heterocycles. The molecule has 0 saturated carbocycles. The van der Waals surface area contributed by atoms with Gasteiger partial charge in [-0.1, -0.05) is 36.7 Å². The maximum absolute atomic E-state index is 14.0. The molecule has 0 radical (unpaired) electrons. The minimum absolute atomic E-state index is 0.0202. The van der Waals surface area contributed by atoms with E-state index in [4.69, 9.17) is 11.6 Å². The van der Waals surface area contributed by atoms with Gasteiger partial charge in [-0.25, -0.2) is 4.39 Å². The Morgan fingerprint density at radius 2 is 1.82 bits per heavy atom. The third-order valence-electron chi connectivity index (χ3n) is 4.86. The van der Waals surface area contributed by atoms with E-state index in [1.807, 2.05) is 36.1 Å². The Labute approximate surface area is 169 Å². The lowest BCUT2D eigenvalue weighted by atomic mass is 10.1. The normalized spacial score (nSPS) is 14.8. The van der Waals surface area contributed by atoms with Gasteiger partial charge in [-0.2, -0.15) is 0 Å². The average molecular weight is 404 g/mol. The number of para-hydroxylation sites is 1. The van der Waals surface area contributed by atoms with Gasteiger partial charge in [0, 0.05) is 36.9 Å². The van der Waals surface area contributed by atoms with E-state index in [0.29, 0.717) is 26.2 Å². The molecule has 7 heteroatoms. The molecule has 1 aliphatic rings. The SMILES string of the molecule is CCc1ccccc1NC(=O)CN1CCN(C(=O)c2ccc(Cl)cc2F)CC1. The van der Waals surface area contributed by atoms with Crippen molar-refractivity contribution in [2.24, 2.45) is 0 Å². The summed E-state index contributed by atoms with van der Waals surface area (Å²) in [5.41, 5.74) is 1.95. The highest BCUT2D eigenvalue weighted by Gasteiger charge is 2.25. The van der Waals surface area contributed by atoms with Crippen molar-refractivity contribution in [3.63, 3.8) is 0 Å². The van der Waals surface area contributed by atoms with Crippen molar-refractivity contribution in [2.75, 3.05) is 38.0 Å². The molecule has 0 bridgehead atoms. The number of carbonyl (C=O) groups is 2. The van der Waals surface area contributed by atoms with Gasteiger partial charge in [-0.15, -0.1) is 0 Å². The third kappa shape index (κ3) is 4.88. The highest BCUT2D eigenvalue weighted by atomic mass is 35.5. The van der Waals surface area contributed by atoms with Gasteiger partial charge in [0.05, 0.1) is 12.1 Å². The number of rotatable bonds is 5. The maximum Gasteiger partial charge on any atom is 0.256 e. The molecule has 3 rings (SSSR count). The zero-order valence-electron chi connectivity index (χ0n) is 15.8. The standard InChI is InChI=1S/C21H23ClFN3O2/c1-2-15-5-3-4-6-19(15)24-20(27)14-25-9-11-26(12-10-25)21(28)17-8-7-16(22)13-18(17)23/h3-8,13H,2,9-12,14H2,1H3,(H,24,27). The van der Waals surface area contributed by atoms with Gasteiger partial charge >= 0.3 is 0 Å². The van der Waals surface area contributed by atoms with E-state index in [2.05, 4.69) is 5.32 Å². The van der Waals surface area contributed by atoms with Gasteiger partial charge in [0.1, 0.15) is 5.82 Å². The quantitative estimate of drug-likeness (QED) is 0.832. The fraction of sp³-hybridized carbons (Fsp3) is 0.333. The van der Waals surface area contributed by atoms with Crippen molar-refractivity contribution in [1.29, 1.82) is 0 Å². The number of halogens is 2. The molecular formula is C21H23ClFN3O2. The average Bonchev–Trinajstić information content (AvgIpc) is 2.68. The summed E-state index contributed by atoms with van der Waals surface area (Å²) in [6.07, 6.45) is 0.846. The monoisotopic (exact) mass is 403 g/mol. The van der Waals surface area contributed by atoms with Crippen LogP contribution >= 0.6 is 11.6 Å². The minimum Gasteiger partial charge on any atom is -0.336 e. The number of nitrogens with zero attached hydrogens (tertiary/aromatic N) is 2. The van der Waals surface area contributed by atoms with Crippen molar-refractivity contribution in [3.05, 3.63) is 64.4 Å². The third-order valence-corrected chi connectivity index (χ3v) is 5.10. The Kier molecular flexibility index (Phi) is 6.65. The van der Waals surface area contributed by atoms with Crippen LogP contribution < -0.4 is 5.32 Å². The molecule has 0 aliphatic carbocycles. The van der Waals surface area contributed by atoms with Crippen LogP contribution in [0.1, 0.15) is 22.8 Å². The van der Waals surface area contributed by atoms with Crippen LogP contribution in [0.5, 0.6) is 0 Å². The van der Waals surface area contributed by atoms with Crippen molar-refractivity contribution >= 4 is 29.1 Å². The highest BCUT2D eigenvalue weighted by Crippen LogP contribution is 2.18. The second-order valence-electron chi connectivity index (χ2n) is 6.75. The lowest BCUT2D eigenvalue weighted by Crippen LogP contribution is -2.50. The van der Waals surface area contributed by atoms with E-state index >= 15 is 0 Å². The smallest absolute Gasteiger partial charge is 0.256 e. The van der Waals surface area contributed by atoms with Gasteiger partial charge in [0.15, 0.2) is 0 Å². The number of nitrogens with one attached hydrogen (secondary N) is 1. The molecule has 148 valence electrons. The van der Waals surface area contributed by atoms with Crippen LogP contribution in [0.3, 0.4) is 0 Å². The number of carbonyl (C=O) groups excluding carboxylic acids is 2. The van der Waals surface area contributed by atoms with E-state index in [1.54, 1.807) is 4.90 Å². The van der Waals surface area contributed by atoms with Crippen LogP contribution in [0.2, 0.25) is 5.02 Å². The van der Waals surface area contributed by atoms with E-state index in [-0.39, 0.29) is 28.9 Å². The first-order valence-electron chi connectivity index (χ1n) is 9.32. The number of hydrogen-bond donors (Lipinski definition) is 1. The van der Waals surface area contributed by atoms with E-state index < -0.39 is 5.82 Å². The molecule has 1 N–H and O–H groups in total. The summed E-state index contributed by atoms with van der Waals surface area (Å²) >= 11 is 5.74. The summed E-state index contributed by atoms with van der Waals surface area (Å²) in [5, 5.41) is 3.22. The molecule has 1 fully saturated rings. The predicted octanol–water partition coefficient (Wildman–Crippen LogP) is 3.44. The molecule has 0 atom stereocenters. The Hall–Kier alpha value is -2.44. The van der Waals surface area contributed by atoms with E-state index in [1.165, 1.54) is 12.1 Å².